The molecule has 0 saturated heterocycles. The fraction of sp³-hybridized carbons (Fsp3) is 0.250. The van der Waals surface area contributed by atoms with Crippen LogP contribution in [-0.4, -0.2) is 24.0 Å². The van der Waals surface area contributed by atoms with E-state index in [4.69, 9.17) is 16.3 Å². The molecule has 0 amide bonds. The van der Waals surface area contributed by atoms with Gasteiger partial charge in [-0.1, -0.05) is 23.7 Å². The van der Waals surface area contributed by atoms with Gasteiger partial charge in [0.25, 0.3) is 0 Å². The van der Waals surface area contributed by atoms with Crippen molar-refractivity contribution in [3.8, 4) is 0 Å². The molecule has 1 heterocycles. The molecule has 2 rings (SSSR count). The van der Waals surface area contributed by atoms with Crippen LogP contribution in [0.5, 0.6) is 0 Å². The maximum atomic E-state index is 11.9. The highest BCUT2D eigenvalue weighted by atomic mass is 35.5. The lowest BCUT2D eigenvalue weighted by molar-refractivity contribution is 0.0756. The van der Waals surface area contributed by atoms with Crippen LogP contribution in [0.25, 0.3) is 0 Å². The summed E-state index contributed by atoms with van der Waals surface area (Å²) in [6.45, 7) is 0.624. The molecule has 0 saturated carbocycles. The first-order valence-corrected chi connectivity index (χ1v) is 6.89. The summed E-state index contributed by atoms with van der Waals surface area (Å²) >= 11 is 5.96. The Morgan fingerprint density at radius 2 is 1.90 bits per heavy atom. The van der Waals surface area contributed by atoms with E-state index < -0.39 is 0 Å². The van der Waals surface area contributed by atoms with Gasteiger partial charge in [-0.25, -0.2) is 0 Å². The lowest BCUT2D eigenvalue weighted by Crippen LogP contribution is -2.10. The van der Waals surface area contributed by atoms with E-state index >= 15 is 0 Å². The van der Waals surface area contributed by atoms with Gasteiger partial charge in [-0.15, -0.1) is 0 Å². The lowest BCUT2D eigenvalue weighted by Gasteiger charge is -2.05. The van der Waals surface area contributed by atoms with Gasteiger partial charge < -0.3 is 4.74 Å². The van der Waals surface area contributed by atoms with Gasteiger partial charge in [-0.3, -0.25) is 9.78 Å². The van der Waals surface area contributed by atoms with Crippen LogP contribution in [0.3, 0.4) is 0 Å². The van der Waals surface area contributed by atoms with Crippen molar-refractivity contribution >= 4 is 17.4 Å². The van der Waals surface area contributed by atoms with E-state index in [0.29, 0.717) is 17.2 Å². The molecule has 0 radical (unpaired) electrons. The second kappa shape index (κ2) is 7.78. The number of ketones is 1. The monoisotopic (exact) mass is 289 g/mol. The molecule has 0 aliphatic carbocycles. The molecule has 1 aromatic heterocycles. The van der Waals surface area contributed by atoms with Crippen molar-refractivity contribution in [2.45, 2.75) is 12.8 Å². The topological polar surface area (TPSA) is 39.2 Å². The average Bonchev–Trinajstić information content (AvgIpc) is 2.48. The van der Waals surface area contributed by atoms with Crippen molar-refractivity contribution in [1.29, 1.82) is 0 Å². The van der Waals surface area contributed by atoms with Gasteiger partial charge in [0.05, 0.1) is 5.02 Å². The van der Waals surface area contributed by atoms with Crippen LogP contribution < -0.4 is 0 Å². The summed E-state index contributed by atoms with van der Waals surface area (Å²) in [5.74, 6) is -0.0838. The first kappa shape index (κ1) is 14.7. The number of benzene rings is 1. The predicted octanol–water partition coefficient (Wildman–Crippen LogP) is 3.57. The standard InChI is InChI=1S/C16H16ClNO2/c17-15-6-2-1-5-14(15)16(19)12-20-11-3-4-13-7-9-18-10-8-13/h1-2,5-10H,3-4,11-12H2. The summed E-state index contributed by atoms with van der Waals surface area (Å²) < 4.78 is 5.40. The molecule has 20 heavy (non-hydrogen) atoms. The molecule has 0 N–H and O–H groups in total. The van der Waals surface area contributed by atoms with Gasteiger partial charge >= 0.3 is 0 Å². The zero-order valence-corrected chi connectivity index (χ0v) is 11.8. The molecule has 0 aliphatic heterocycles. The van der Waals surface area contributed by atoms with Gasteiger partial charge in [0, 0.05) is 24.6 Å². The molecule has 2 aromatic rings. The Labute approximate surface area is 123 Å². The molecule has 0 bridgehead atoms. The van der Waals surface area contributed by atoms with Crippen molar-refractivity contribution < 1.29 is 9.53 Å². The van der Waals surface area contributed by atoms with Crippen molar-refractivity contribution in [1.82, 2.24) is 4.98 Å². The van der Waals surface area contributed by atoms with Gasteiger partial charge in [-0.2, -0.15) is 0 Å². The number of carbonyl (C=O) groups excluding carboxylic acids is 1. The summed E-state index contributed by atoms with van der Waals surface area (Å²) in [7, 11) is 0. The van der Waals surface area contributed by atoms with Crippen LogP contribution in [0.15, 0.2) is 48.8 Å². The molecular formula is C16H16ClNO2. The van der Waals surface area contributed by atoms with E-state index in [0.717, 1.165) is 12.8 Å². The molecule has 4 heteroatoms. The number of carbonyl (C=O) groups is 1. The number of rotatable bonds is 7. The smallest absolute Gasteiger partial charge is 0.189 e. The minimum Gasteiger partial charge on any atom is -0.373 e. The molecule has 3 nitrogen and oxygen atoms in total. The Balaban J connectivity index is 1.69. The number of aromatic nitrogens is 1. The van der Waals surface area contributed by atoms with Crippen LogP contribution in [0.2, 0.25) is 5.02 Å². The normalized spacial score (nSPS) is 10.4. The number of Topliss-reactive ketones (excluding diaryl/α,β-unsaturated/α-hetero) is 1. The van der Waals surface area contributed by atoms with Crippen LogP contribution in [0, 0.1) is 0 Å². The number of hydrogen-bond acceptors (Lipinski definition) is 3. The largest absolute Gasteiger partial charge is 0.373 e. The van der Waals surface area contributed by atoms with Gasteiger partial charge in [0.15, 0.2) is 5.78 Å². The van der Waals surface area contributed by atoms with Gasteiger partial charge in [0.2, 0.25) is 0 Å². The molecule has 104 valence electrons. The number of aryl methyl sites for hydroxylation is 1. The summed E-state index contributed by atoms with van der Waals surface area (Å²) in [5, 5.41) is 0.470. The van der Waals surface area contributed by atoms with Crippen LogP contribution >= 0.6 is 11.6 Å². The Morgan fingerprint density at radius 3 is 2.65 bits per heavy atom. The number of ether oxygens (including phenoxy) is 1. The quantitative estimate of drug-likeness (QED) is 0.578. The fourth-order valence-corrected chi connectivity index (χ4v) is 2.10. The molecule has 0 fully saturated rings. The van der Waals surface area contributed by atoms with Crippen LogP contribution in [0.1, 0.15) is 22.3 Å². The molecule has 0 unspecified atom stereocenters. The SMILES string of the molecule is O=C(COCCCc1ccncc1)c1ccccc1Cl. The maximum absolute atomic E-state index is 11.9. The molecule has 0 atom stereocenters. The van der Waals surface area contributed by atoms with E-state index in [2.05, 4.69) is 4.98 Å². The predicted molar refractivity (Wildman–Crippen MR) is 79.2 cm³/mol. The Bertz CT molecular complexity index is 557. The lowest BCUT2D eigenvalue weighted by atomic mass is 10.1. The highest BCUT2D eigenvalue weighted by Crippen LogP contribution is 2.15. The number of nitrogens with zero attached hydrogens (tertiary/aromatic N) is 1. The first-order chi connectivity index (χ1) is 9.77. The highest BCUT2D eigenvalue weighted by Gasteiger charge is 2.09. The summed E-state index contributed by atoms with van der Waals surface area (Å²) in [4.78, 5) is 15.8. The average molecular weight is 290 g/mol. The first-order valence-electron chi connectivity index (χ1n) is 6.52. The van der Waals surface area contributed by atoms with Crippen LogP contribution in [-0.2, 0) is 11.2 Å². The fourth-order valence-electron chi connectivity index (χ4n) is 1.86. The van der Waals surface area contributed by atoms with Crippen molar-refractivity contribution in [2.75, 3.05) is 13.2 Å². The Kier molecular flexibility index (Phi) is 5.71. The van der Waals surface area contributed by atoms with E-state index in [9.17, 15) is 4.79 Å². The van der Waals surface area contributed by atoms with Crippen molar-refractivity contribution in [3.63, 3.8) is 0 Å². The van der Waals surface area contributed by atoms with E-state index in [1.54, 1.807) is 36.7 Å². The zero-order chi connectivity index (χ0) is 14.2. The van der Waals surface area contributed by atoms with E-state index in [-0.39, 0.29) is 12.4 Å². The molecular weight excluding hydrogens is 274 g/mol. The maximum Gasteiger partial charge on any atom is 0.189 e. The van der Waals surface area contributed by atoms with E-state index in [1.807, 2.05) is 12.1 Å². The van der Waals surface area contributed by atoms with Gasteiger partial charge in [0.1, 0.15) is 6.61 Å². The molecule has 0 aliphatic rings. The minimum atomic E-state index is -0.0838. The van der Waals surface area contributed by atoms with Crippen molar-refractivity contribution in [2.24, 2.45) is 0 Å². The number of pyridine rings is 1. The third-order valence-electron chi connectivity index (χ3n) is 2.91. The number of halogens is 1. The second-order valence-electron chi connectivity index (χ2n) is 4.41. The van der Waals surface area contributed by atoms with Crippen molar-refractivity contribution in [3.05, 3.63) is 64.9 Å². The number of hydrogen-bond donors (Lipinski definition) is 0. The van der Waals surface area contributed by atoms with E-state index in [1.165, 1.54) is 5.56 Å². The third kappa shape index (κ3) is 4.44. The molecule has 1 aromatic carbocycles. The van der Waals surface area contributed by atoms with Gasteiger partial charge in [-0.05, 0) is 42.7 Å². The Hall–Kier alpha value is -1.71. The third-order valence-corrected chi connectivity index (χ3v) is 3.24. The summed E-state index contributed by atoms with van der Waals surface area (Å²) in [6.07, 6.45) is 5.34. The minimum absolute atomic E-state index is 0.0695. The second-order valence-corrected chi connectivity index (χ2v) is 4.82. The van der Waals surface area contributed by atoms with Crippen LogP contribution in [0.4, 0.5) is 0 Å². The summed E-state index contributed by atoms with van der Waals surface area (Å²) in [5.41, 5.74) is 1.74. The molecule has 0 spiro atoms. The summed E-state index contributed by atoms with van der Waals surface area (Å²) in [6, 6.07) is 11.0. The highest BCUT2D eigenvalue weighted by molar-refractivity contribution is 6.34. The Morgan fingerprint density at radius 1 is 1.15 bits per heavy atom. The zero-order valence-electron chi connectivity index (χ0n) is 11.1.